The van der Waals surface area contributed by atoms with Crippen LogP contribution in [0.25, 0.3) is 0 Å². The van der Waals surface area contributed by atoms with Crippen LogP contribution in [0.2, 0.25) is 0 Å². The average molecular weight is 168 g/mol. The van der Waals surface area contributed by atoms with Gasteiger partial charge in [0, 0.05) is 5.41 Å². The van der Waals surface area contributed by atoms with Crippen LogP contribution in [0.5, 0.6) is 0 Å². The average Bonchev–Trinajstić information content (AvgIpc) is 2.50. The monoisotopic (exact) mass is 168 g/mol. The van der Waals surface area contributed by atoms with Crippen molar-refractivity contribution in [3.8, 4) is 0 Å². The summed E-state index contributed by atoms with van der Waals surface area (Å²) in [6, 6.07) is 0. The zero-order chi connectivity index (χ0) is 9.20. The Morgan fingerprint density at radius 1 is 1.17 bits per heavy atom. The molecule has 1 heteroatoms. The summed E-state index contributed by atoms with van der Waals surface area (Å²) in [6.07, 6.45) is 3.47. The highest BCUT2D eigenvalue weighted by Crippen LogP contribution is 2.79. The summed E-state index contributed by atoms with van der Waals surface area (Å²) in [5, 5.41) is 10.2. The van der Waals surface area contributed by atoms with Crippen molar-refractivity contribution in [1.29, 1.82) is 0 Å². The third kappa shape index (κ3) is 0.654. The highest BCUT2D eigenvalue weighted by Gasteiger charge is 2.75. The highest BCUT2D eigenvalue weighted by atomic mass is 16.3. The van der Waals surface area contributed by atoms with E-state index in [-0.39, 0.29) is 5.41 Å². The molecule has 0 bridgehead atoms. The number of hydrogen-bond donors (Lipinski definition) is 1. The van der Waals surface area contributed by atoms with Crippen molar-refractivity contribution < 1.29 is 5.11 Å². The van der Waals surface area contributed by atoms with E-state index in [1.165, 1.54) is 12.8 Å². The summed E-state index contributed by atoms with van der Waals surface area (Å²) in [6.45, 7) is 8.88. The maximum atomic E-state index is 10.2. The lowest BCUT2D eigenvalue weighted by Gasteiger charge is -2.27. The van der Waals surface area contributed by atoms with E-state index in [9.17, 15) is 5.11 Å². The van der Waals surface area contributed by atoms with E-state index in [1.807, 2.05) is 6.92 Å². The minimum Gasteiger partial charge on any atom is -0.390 e. The van der Waals surface area contributed by atoms with Crippen LogP contribution in [0.15, 0.2) is 0 Å². The highest BCUT2D eigenvalue weighted by molar-refractivity contribution is 5.25. The standard InChI is InChI=1S/C11H20O/c1-8(2)11-6-5-10(4,12)9(11,3)7-11/h8,12H,5-7H2,1-4H3. The molecular weight excluding hydrogens is 148 g/mol. The van der Waals surface area contributed by atoms with Crippen molar-refractivity contribution in [2.45, 2.75) is 52.6 Å². The van der Waals surface area contributed by atoms with Crippen molar-refractivity contribution in [2.75, 3.05) is 0 Å². The van der Waals surface area contributed by atoms with Gasteiger partial charge in [-0.05, 0) is 37.5 Å². The molecule has 0 aliphatic heterocycles. The Labute approximate surface area is 75.2 Å². The molecule has 3 atom stereocenters. The lowest BCUT2D eigenvalue weighted by molar-refractivity contribution is -0.00265. The molecular formula is C11H20O. The van der Waals surface area contributed by atoms with Crippen molar-refractivity contribution in [1.82, 2.24) is 0 Å². The van der Waals surface area contributed by atoms with Gasteiger partial charge in [0.2, 0.25) is 0 Å². The molecule has 0 radical (unpaired) electrons. The van der Waals surface area contributed by atoms with Crippen molar-refractivity contribution in [3.63, 3.8) is 0 Å². The first-order chi connectivity index (χ1) is 5.36. The van der Waals surface area contributed by atoms with E-state index >= 15 is 0 Å². The Kier molecular flexibility index (Phi) is 1.35. The lowest BCUT2D eigenvalue weighted by Crippen LogP contribution is -2.32. The zero-order valence-corrected chi connectivity index (χ0v) is 8.65. The van der Waals surface area contributed by atoms with E-state index in [0.717, 1.165) is 12.3 Å². The fourth-order valence-electron chi connectivity index (χ4n) is 3.55. The van der Waals surface area contributed by atoms with Crippen LogP contribution in [-0.2, 0) is 0 Å². The number of fused-ring (bicyclic) bond motifs is 1. The zero-order valence-electron chi connectivity index (χ0n) is 8.65. The van der Waals surface area contributed by atoms with Crippen LogP contribution < -0.4 is 0 Å². The summed E-state index contributed by atoms with van der Waals surface area (Å²) in [7, 11) is 0. The predicted molar refractivity (Wildman–Crippen MR) is 49.9 cm³/mol. The van der Waals surface area contributed by atoms with Crippen molar-refractivity contribution in [2.24, 2.45) is 16.7 Å². The maximum Gasteiger partial charge on any atom is 0.0678 e. The molecule has 2 aliphatic carbocycles. The van der Waals surface area contributed by atoms with E-state index < -0.39 is 5.60 Å². The molecule has 2 rings (SSSR count). The van der Waals surface area contributed by atoms with Gasteiger partial charge in [0.25, 0.3) is 0 Å². The molecule has 2 aliphatic rings. The number of hydrogen-bond acceptors (Lipinski definition) is 1. The SMILES string of the molecule is CC(C)C12CCC(C)(O)C1(C)C2. The van der Waals surface area contributed by atoms with Gasteiger partial charge >= 0.3 is 0 Å². The number of rotatable bonds is 1. The molecule has 2 saturated carbocycles. The Balaban J connectivity index is 2.31. The largest absolute Gasteiger partial charge is 0.390 e. The minimum absolute atomic E-state index is 0.230. The first-order valence-corrected chi connectivity index (χ1v) is 5.08. The van der Waals surface area contributed by atoms with Crippen LogP contribution in [0.3, 0.4) is 0 Å². The van der Waals surface area contributed by atoms with Gasteiger partial charge in [-0.15, -0.1) is 0 Å². The summed E-state index contributed by atoms with van der Waals surface area (Å²) in [5.74, 6) is 0.733. The van der Waals surface area contributed by atoms with Crippen LogP contribution in [0.4, 0.5) is 0 Å². The summed E-state index contributed by atoms with van der Waals surface area (Å²) < 4.78 is 0. The molecule has 0 aromatic carbocycles. The fourth-order valence-corrected chi connectivity index (χ4v) is 3.55. The summed E-state index contributed by atoms with van der Waals surface area (Å²) in [5.41, 5.74) is 0.321. The molecule has 70 valence electrons. The molecule has 0 spiro atoms. The molecule has 1 N–H and O–H groups in total. The van der Waals surface area contributed by atoms with E-state index in [1.54, 1.807) is 0 Å². The summed E-state index contributed by atoms with van der Waals surface area (Å²) in [4.78, 5) is 0. The van der Waals surface area contributed by atoms with Gasteiger partial charge in [-0.3, -0.25) is 0 Å². The minimum atomic E-state index is -0.392. The molecule has 0 heterocycles. The van der Waals surface area contributed by atoms with Gasteiger partial charge < -0.3 is 5.11 Å². The maximum absolute atomic E-state index is 10.2. The Morgan fingerprint density at radius 2 is 1.75 bits per heavy atom. The Hall–Kier alpha value is -0.0400. The first kappa shape index (κ1) is 8.55. The molecule has 1 nitrogen and oxygen atoms in total. The first-order valence-electron chi connectivity index (χ1n) is 5.08. The summed E-state index contributed by atoms with van der Waals surface area (Å²) >= 11 is 0. The number of aliphatic hydroxyl groups is 1. The quantitative estimate of drug-likeness (QED) is 0.638. The molecule has 0 aromatic heterocycles. The normalized spacial score (nSPS) is 57.5. The molecule has 12 heavy (non-hydrogen) atoms. The smallest absolute Gasteiger partial charge is 0.0678 e. The third-order valence-electron chi connectivity index (χ3n) is 4.99. The fraction of sp³-hybridized carbons (Fsp3) is 1.00. The predicted octanol–water partition coefficient (Wildman–Crippen LogP) is 2.58. The topological polar surface area (TPSA) is 20.2 Å². The van der Waals surface area contributed by atoms with Crippen LogP contribution in [0.1, 0.15) is 47.0 Å². The van der Waals surface area contributed by atoms with E-state index in [4.69, 9.17) is 0 Å². The van der Waals surface area contributed by atoms with Gasteiger partial charge in [0.05, 0.1) is 5.60 Å². The van der Waals surface area contributed by atoms with Gasteiger partial charge in [0.1, 0.15) is 0 Å². The van der Waals surface area contributed by atoms with Crippen LogP contribution >= 0.6 is 0 Å². The van der Waals surface area contributed by atoms with Gasteiger partial charge in [0.15, 0.2) is 0 Å². The molecule has 0 aromatic rings. The second-order valence-electron chi connectivity index (χ2n) is 5.59. The van der Waals surface area contributed by atoms with Crippen molar-refractivity contribution in [3.05, 3.63) is 0 Å². The Bertz CT molecular complexity index is 212. The van der Waals surface area contributed by atoms with Gasteiger partial charge in [-0.2, -0.15) is 0 Å². The molecule has 2 fully saturated rings. The van der Waals surface area contributed by atoms with Crippen LogP contribution in [0, 0.1) is 16.7 Å². The van der Waals surface area contributed by atoms with Gasteiger partial charge in [-0.1, -0.05) is 20.8 Å². The van der Waals surface area contributed by atoms with Crippen LogP contribution in [-0.4, -0.2) is 10.7 Å². The second kappa shape index (κ2) is 1.89. The Morgan fingerprint density at radius 3 is 1.92 bits per heavy atom. The molecule has 3 unspecified atom stereocenters. The third-order valence-corrected chi connectivity index (χ3v) is 4.99. The molecule has 0 amide bonds. The van der Waals surface area contributed by atoms with E-state index in [2.05, 4.69) is 20.8 Å². The van der Waals surface area contributed by atoms with Gasteiger partial charge in [-0.25, -0.2) is 0 Å². The van der Waals surface area contributed by atoms with Crippen molar-refractivity contribution >= 4 is 0 Å². The molecule has 0 saturated heterocycles. The lowest BCUT2D eigenvalue weighted by atomic mass is 9.83. The second-order valence-corrected chi connectivity index (χ2v) is 5.59. The van der Waals surface area contributed by atoms with E-state index in [0.29, 0.717) is 5.41 Å².